The fourth-order valence-electron chi connectivity index (χ4n) is 3.59. The number of hydrogen-bond donors (Lipinski definition) is 1. The number of aromatic amines is 1. The lowest BCUT2D eigenvalue weighted by Crippen LogP contribution is -2.41. The first-order chi connectivity index (χ1) is 14.7. The molecule has 1 aliphatic heterocycles. The highest BCUT2D eigenvalue weighted by molar-refractivity contribution is 6.65. The lowest BCUT2D eigenvalue weighted by Gasteiger charge is -2.32. The molecule has 1 aromatic heterocycles. The first-order valence-electron chi connectivity index (χ1n) is 10.4. The van der Waals surface area contributed by atoms with Crippen LogP contribution in [-0.2, 0) is 27.1 Å². The molecule has 2 heterocycles. The average molecular weight is 426 g/mol. The molecule has 1 aliphatic rings. The van der Waals surface area contributed by atoms with Crippen LogP contribution in [0.4, 0.5) is 4.39 Å². The molecule has 0 unspecified atom stereocenters. The Balaban J connectivity index is 1.58. The van der Waals surface area contributed by atoms with E-state index in [9.17, 15) is 4.39 Å². The van der Waals surface area contributed by atoms with Gasteiger partial charge in [0.15, 0.2) is 11.6 Å². The van der Waals surface area contributed by atoms with Gasteiger partial charge in [-0.1, -0.05) is 30.3 Å². The Bertz CT molecular complexity index is 1050. The Hall–Kier alpha value is -2.42. The quantitative estimate of drug-likeness (QED) is 0.460. The van der Waals surface area contributed by atoms with E-state index in [2.05, 4.69) is 4.98 Å². The van der Waals surface area contributed by atoms with Gasteiger partial charge in [0.05, 0.1) is 37.0 Å². The fraction of sp³-hybridized carbons (Fsp3) is 0.435. The number of halogens is 1. The predicted octanol–water partition coefficient (Wildman–Crippen LogP) is 3.77. The molecule has 6 nitrogen and oxygen atoms in total. The Kier molecular flexibility index (Phi) is 5.81. The molecule has 1 N–H and O–H groups in total. The summed E-state index contributed by atoms with van der Waals surface area (Å²) in [5.41, 5.74) is 1.65. The van der Waals surface area contributed by atoms with Crippen molar-refractivity contribution in [3.05, 3.63) is 53.6 Å². The molecule has 1 saturated heterocycles. The Morgan fingerprint density at radius 3 is 2.42 bits per heavy atom. The van der Waals surface area contributed by atoms with Crippen molar-refractivity contribution in [3.8, 4) is 5.75 Å². The van der Waals surface area contributed by atoms with Gasteiger partial charge in [-0.25, -0.2) is 9.37 Å². The summed E-state index contributed by atoms with van der Waals surface area (Å²) >= 11 is 0. The van der Waals surface area contributed by atoms with Gasteiger partial charge in [0, 0.05) is 11.9 Å². The van der Waals surface area contributed by atoms with E-state index in [1.165, 1.54) is 13.2 Å². The van der Waals surface area contributed by atoms with Crippen molar-refractivity contribution in [3.63, 3.8) is 0 Å². The van der Waals surface area contributed by atoms with Crippen molar-refractivity contribution in [2.75, 3.05) is 13.7 Å². The maximum Gasteiger partial charge on any atom is 0.497 e. The van der Waals surface area contributed by atoms with E-state index in [1.54, 1.807) is 0 Å². The zero-order valence-corrected chi connectivity index (χ0v) is 18.6. The number of imidazole rings is 1. The minimum Gasteiger partial charge on any atom is -0.492 e. The largest absolute Gasteiger partial charge is 0.497 e. The lowest BCUT2D eigenvalue weighted by molar-refractivity contribution is 0.00578. The summed E-state index contributed by atoms with van der Waals surface area (Å²) in [4.78, 5) is 7.90. The first kappa shape index (κ1) is 21.8. The number of methoxy groups -OCH3 is 1. The molecule has 0 bridgehead atoms. The molecule has 8 heteroatoms. The number of aromatic nitrogens is 2. The smallest absolute Gasteiger partial charge is 0.492 e. The molecule has 0 aliphatic carbocycles. The van der Waals surface area contributed by atoms with Crippen LogP contribution < -0.4 is 10.2 Å². The number of nitrogens with zero attached hydrogens (tertiary/aromatic N) is 1. The number of rotatable bonds is 7. The number of nitrogens with one attached hydrogen (secondary N) is 1. The molecular weight excluding hydrogens is 398 g/mol. The van der Waals surface area contributed by atoms with E-state index in [1.807, 2.05) is 58.0 Å². The van der Waals surface area contributed by atoms with Crippen LogP contribution in [0.1, 0.15) is 39.1 Å². The van der Waals surface area contributed by atoms with Crippen LogP contribution >= 0.6 is 0 Å². The molecule has 0 spiro atoms. The minimum absolute atomic E-state index is 0.124. The maximum absolute atomic E-state index is 14.8. The molecule has 4 rings (SSSR count). The molecule has 31 heavy (non-hydrogen) atoms. The van der Waals surface area contributed by atoms with Crippen LogP contribution in [0.2, 0.25) is 0 Å². The zero-order valence-electron chi connectivity index (χ0n) is 18.6. The second kappa shape index (κ2) is 8.26. The Morgan fingerprint density at radius 1 is 1.10 bits per heavy atom. The van der Waals surface area contributed by atoms with E-state index in [4.69, 9.17) is 23.8 Å². The fourth-order valence-corrected chi connectivity index (χ4v) is 3.59. The van der Waals surface area contributed by atoms with Crippen molar-refractivity contribution < 1.29 is 23.2 Å². The summed E-state index contributed by atoms with van der Waals surface area (Å²) in [6, 6.07) is 11.4. The summed E-state index contributed by atoms with van der Waals surface area (Å²) in [6.07, 6.45) is 0.551. The topological polar surface area (TPSA) is 65.6 Å². The van der Waals surface area contributed by atoms with Crippen molar-refractivity contribution in [1.29, 1.82) is 0 Å². The molecular formula is C23H28BFN2O4. The van der Waals surface area contributed by atoms with Crippen LogP contribution in [0.5, 0.6) is 5.75 Å². The third-order valence-electron chi connectivity index (χ3n) is 6.06. The number of ether oxygens (including phenoxy) is 2. The van der Waals surface area contributed by atoms with Gasteiger partial charge in [0.2, 0.25) is 0 Å². The highest BCUT2D eigenvalue weighted by Gasteiger charge is 2.52. The van der Waals surface area contributed by atoms with Gasteiger partial charge in [-0.15, -0.1) is 0 Å². The summed E-state index contributed by atoms with van der Waals surface area (Å²) in [5.74, 6) is 0.319. The average Bonchev–Trinajstić information content (AvgIpc) is 3.23. The number of H-pyrrole nitrogens is 1. The highest BCUT2D eigenvalue weighted by Crippen LogP contribution is 2.37. The maximum atomic E-state index is 14.8. The van der Waals surface area contributed by atoms with E-state index < -0.39 is 24.1 Å². The monoisotopic (exact) mass is 426 g/mol. The third kappa shape index (κ3) is 4.20. The summed E-state index contributed by atoms with van der Waals surface area (Å²) < 4.78 is 38.1. The van der Waals surface area contributed by atoms with Gasteiger partial charge in [0.1, 0.15) is 11.3 Å². The number of hydrogen-bond acceptors (Lipinski definition) is 5. The third-order valence-corrected chi connectivity index (χ3v) is 6.06. The predicted molar refractivity (Wildman–Crippen MR) is 118 cm³/mol. The zero-order chi connectivity index (χ0) is 22.2. The normalized spacial score (nSPS) is 17.4. The van der Waals surface area contributed by atoms with Crippen LogP contribution in [0.3, 0.4) is 0 Å². The van der Waals surface area contributed by atoms with Crippen LogP contribution in [-0.4, -0.2) is 42.0 Å². The number of benzene rings is 2. The lowest BCUT2D eigenvalue weighted by atomic mass is 9.78. The van der Waals surface area contributed by atoms with Crippen LogP contribution in [0.25, 0.3) is 11.0 Å². The van der Waals surface area contributed by atoms with Crippen molar-refractivity contribution in [1.82, 2.24) is 9.97 Å². The van der Waals surface area contributed by atoms with E-state index in [0.29, 0.717) is 42.0 Å². The molecule has 0 radical (unpaired) electrons. The first-order valence-corrected chi connectivity index (χ1v) is 10.4. The number of fused-ring (bicyclic) bond motifs is 1. The molecule has 0 atom stereocenters. The van der Waals surface area contributed by atoms with Gasteiger partial charge in [-0.3, -0.25) is 0 Å². The molecule has 0 saturated carbocycles. The molecule has 164 valence electrons. The van der Waals surface area contributed by atoms with Crippen molar-refractivity contribution in [2.24, 2.45) is 0 Å². The minimum atomic E-state index is -0.724. The van der Waals surface area contributed by atoms with E-state index in [0.717, 1.165) is 5.56 Å². The summed E-state index contributed by atoms with van der Waals surface area (Å²) in [7, 11) is 0.717. The summed E-state index contributed by atoms with van der Waals surface area (Å²) in [5, 5.41) is 0. The van der Waals surface area contributed by atoms with Gasteiger partial charge in [0.25, 0.3) is 0 Å². The molecule has 0 amide bonds. The van der Waals surface area contributed by atoms with Crippen LogP contribution in [0.15, 0.2) is 36.4 Å². The standard InChI is InChI=1S/C23H28BFN2O4/c1-22(2)23(3,4)31-24(30-22)16-13-17(25)21(28-5)20-19(16)26-18(27-20)11-12-29-14-15-9-7-6-8-10-15/h6-10,13H,11-12,14H2,1-5H3,(H,26,27). The van der Waals surface area contributed by atoms with Crippen LogP contribution in [0, 0.1) is 5.82 Å². The molecule has 2 aromatic carbocycles. The Labute approximate surface area is 182 Å². The van der Waals surface area contributed by atoms with Gasteiger partial charge >= 0.3 is 7.12 Å². The molecule has 3 aromatic rings. The second-order valence-electron chi connectivity index (χ2n) is 8.76. The van der Waals surface area contributed by atoms with Gasteiger partial charge in [-0.05, 0) is 39.3 Å². The van der Waals surface area contributed by atoms with E-state index >= 15 is 0 Å². The van der Waals surface area contributed by atoms with E-state index in [-0.39, 0.29) is 5.75 Å². The Morgan fingerprint density at radius 2 is 1.77 bits per heavy atom. The molecule has 1 fully saturated rings. The summed E-state index contributed by atoms with van der Waals surface area (Å²) in [6.45, 7) is 8.85. The van der Waals surface area contributed by atoms with Crippen molar-refractivity contribution >= 4 is 23.6 Å². The highest BCUT2D eigenvalue weighted by atomic mass is 19.1. The van der Waals surface area contributed by atoms with Crippen molar-refractivity contribution in [2.45, 2.75) is 51.9 Å². The SMILES string of the molecule is COc1c(F)cc(B2OC(C)(C)C(C)(C)O2)c2nc(CCOCc3ccccc3)[nH]c12. The van der Waals surface area contributed by atoms with Gasteiger partial charge in [-0.2, -0.15) is 0 Å². The second-order valence-corrected chi connectivity index (χ2v) is 8.76. The van der Waals surface area contributed by atoms with Gasteiger partial charge < -0.3 is 23.8 Å².